The van der Waals surface area contributed by atoms with Crippen molar-refractivity contribution < 1.29 is 9.52 Å². The number of aliphatic hydroxyl groups is 1. The van der Waals surface area contributed by atoms with Gasteiger partial charge in [-0.05, 0) is 32.5 Å². The summed E-state index contributed by atoms with van der Waals surface area (Å²) in [6.07, 6.45) is 8.58. The van der Waals surface area contributed by atoms with Crippen molar-refractivity contribution in [2.75, 3.05) is 14.1 Å². The normalized spacial score (nSPS) is 19.2. The molecule has 1 aliphatic rings. The summed E-state index contributed by atoms with van der Waals surface area (Å²) in [5.41, 5.74) is -0.258. The fraction of sp³-hybridized carbons (Fsp3) is 0.550. The van der Waals surface area contributed by atoms with Crippen molar-refractivity contribution in [3.63, 3.8) is 0 Å². The monoisotopic (exact) mass is 328 g/mol. The van der Waals surface area contributed by atoms with Crippen LogP contribution in [0.1, 0.15) is 55.7 Å². The molecule has 130 valence electrons. The van der Waals surface area contributed by atoms with Crippen molar-refractivity contribution in [3.05, 3.63) is 53.7 Å². The highest BCUT2D eigenvalue weighted by atomic mass is 16.4. The van der Waals surface area contributed by atoms with E-state index < -0.39 is 5.60 Å². The van der Waals surface area contributed by atoms with Crippen molar-refractivity contribution in [1.29, 1.82) is 0 Å². The minimum absolute atomic E-state index is 0.147. The Balaban J connectivity index is 1.99. The van der Waals surface area contributed by atoms with Crippen molar-refractivity contribution >= 4 is 0 Å². The quantitative estimate of drug-likeness (QED) is 0.845. The summed E-state index contributed by atoms with van der Waals surface area (Å²) in [7, 11) is 3.99. The van der Waals surface area contributed by atoms with E-state index in [1.54, 1.807) is 6.20 Å². The smallest absolute Gasteiger partial charge is 0.231 e. The van der Waals surface area contributed by atoms with E-state index in [0.29, 0.717) is 12.4 Å². The van der Waals surface area contributed by atoms with Gasteiger partial charge >= 0.3 is 0 Å². The van der Waals surface area contributed by atoms with Gasteiger partial charge in [0, 0.05) is 5.92 Å². The summed E-state index contributed by atoms with van der Waals surface area (Å²) in [6, 6.07) is 9.90. The second-order valence-corrected chi connectivity index (χ2v) is 7.19. The fourth-order valence-electron chi connectivity index (χ4n) is 3.79. The maximum absolute atomic E-state index is 11.8. The summed E-state index contributed by atoms with van der Waals surface area (Å²) in [4.78, 5) is 6.52. The highest BCUT2D eigenvalue weighted by Gasteiger charge is 2.44. The number of hydrogen-bond donors (Lipinski definition) is 1. The number of rotatable bonds is 5. The largest absolute Gasteiger partial charge is 0.441 e. The van der Waals surface area contributed by atoms with E-state index in [0.717, 1.165) is 37.0 Å². The van der Waals surface area contributed by atoms with E-state index in [4.69, 9.17) is 4.42 Å². The van der Waals surface area contributed by atoms with E-state index in [1.165, 1.54) is 12.8 Å². The SMILES string of the molecule is CN(C)Cc1cnc(C(O)(c2ccccc2)C2CCCCCC2)o1. The minimum atomic E-state index is -1.14. The highest BCUT2D eigenvalue weighted by molar-refractivity contribution is 5.30. The molecule has 1 fully saturated rings. The Morgan fingerprint density at radius 1 is 1.12 bits per heavy atom. The van der Waals surface area contributed by atoms with Crippen LogP contribution in [0.3, 0.4) is 0 Å². The highest BCUT2D eigenvalue weighted by Crippen LogP contribution is 2.43. The summed E-state index contributed by atoms with van der Waals surface area (Å²) < 4.78 is 6.01. The van der Waals surface area contributed by atoms with Crippen LogP contribution < -0.4 is 0 Å². The first-order valence-electron chi connectivity index (χ1n) is 8.98. The van der Waals surface area contributed by atoms with E-state index in [-0.39, 0.29) is 5.92 Å². The van der Waals surface area contributed by atoms with Crippen LogP contribution in [0.15, 0.2) is 40.9 Å². The van der Waals surface area contributed by atoms with E-state index in [1.807, 2.05) is 49.3 Å². The lowest BCUT2D eigenvalue weighted by Gasteiger charge is -2.33. The van der Waals surface area contributed by atoms with Crippen LogP contribution in [0.2, 0.25) is 0 Å². The number of benzene rings is 1. The molecule has 0 saturated heterocycles. The molecule has 1 atom stereocenters. The van der Waals surface area contributed by atoms with Gasteiger partial charge in [0.1, 0.15) is 5.76 Å². The first-order valence-corrected chi connectivity index (χ1v) is 8.98. The average Bonchev–Trinajstić information content (AvgIpc) is 2.87. The predicted molar refractivity (Wildman–Crippen MR) is 94.5 cm³/mol. The molecule has 24 heavy (non-hydrogen) atoms. The molecule has 0 amide bonds. The Labute approximate surface area is 144 Å². The molecule has 2 aromatic rings. The maximum Gasteiger partial charge on any atom is 0.231 e. The van der Waals surface area contributed by atoms with Crippen LogP contribution in [-0.2, 0) is 12.1 Å². The standard InChI is InChI=1S/C20H28N2O2/c1-22(2)15-18-14-21-19(24-18)20(23,17-12-8-5-9-13-17)16-10-6-3-4-7-11-16/h5,8-9,12-14,16,23H,3-4,6-7,10-11,15H2,1-2H3. The molecule has 1 N–H and O–H groups in total. The van der Waals surface area contributed by atoms with Gasteiger partial charge < -0.3 is 14.4 Å². The zero-order chi connectivity index (χ0) is 17.0. The molecule has 1 heterocycles. The number of nitrogens with zero attached hydrogens (tertiary/aromatic N) is 2. The van der Waals surface area contributed by atoms with Gasteiger partial charge in [-0.3, -0.25) is 0 Å². The van der Waals surface area contributed by atoms with Gasteiger partial charge in [0.2, 0.25) is 5.89 Å². The molecule has 4 heteroatoms. The van der Waals surface area contributed by atoms with E-state index in [9.17, 15) is 5.11 Å². The zero-order valence-corrected chi connectivity index (χ0v) is 14.7. The van der Waals surface area contributed by atoms with E-state index in [2.05, 4.69) is 4.98 Å². The van der Waals surface area contributed by atoms with Gasteiger partial charge in [-0.15, -0.1) is 0 Å². The maximum atomic E-state index is 11.8. The molecule has 0 aliphatic heterocycles. The Kier molecular flexibility index (Phi) is 5.36. The average molecular weight is 328 g/mol. The van der Waals surface area contributed by atoms with Crippen LogP contribution in [-0.4, -0.2) is 29.1 Å². The molecule has 1 aromatic carbocycles. The molecule has 1 saturated carbocycles. The number of oxazole rings is 1. The molecule has 1 aromatic heterocycles. The van der Waals surface area contributed by atoms with Crippen molar-refractivity contribution in [3.8, 4) is 0 Å². The molecule has 1 unspecified atom stereocenters. The summed E-state index contributed by atoms with van der Waals surface area (Å²) in [5.74, 6) is 1.38. The molecular weight excluding hydrogens is 300 g/mol. The molecular formula is C20H28N2O2. The molecule has 3 rings (SSSR count). The lowest BCUT2D eigenvalue weighted by molar-refractivity contribution is -0.0158. The van der Waals surface area contributed by atoms with Gasteiger partial charge in [-0.1, -0.05) is 56.0 Å². The second-order valence-electron chi connectivity index (χ2n) is 7.19. The Morgan fingerprint density at radius 3 is 2.42 bits per heavy atom. The zero-order valence-electron chi connectivity index (χ0n) is 14.7. The molecule has 1 aliphatic carbocycles. The third kappa shape index (κ3) is 3.55. The summed E-state index contributed by atoms with van der Waals surface area (Å²) in [5, 5.41) is 11.8. The summed E-state index contributed by atoms with van der Waals surface area (Å²) >= 11 is 0. The minimum Gasteiger partial charge on any atom is -0.441 e. The number of hydrogen-bond acceptors (Lipinski definition) is 4. The van der Waals surface area contributed by atoms with Gasteiger partial charge in [0.25, 0.3) is 0 Å². The molecule has 0 bridgehead atoms. The Bertz CT molecular complexity index is 630. The van der Waals surface area contributed by atoms with Crippen LogP contribution in [0, 0.1) is 5.92 Å². The lowest BCUT2D eigenvalue weighted by Crippen LogP contribution is -2.36. The van der Waals surface area contributed by atoms with Gasteiger partial charge in [0.05, 0.1) is 12.7 Å². The lowest BCUT2D eigenvalue weighted by atomic mass is 9.77. The Morgan fingerprint density at radius 2 is 1.79 bits per heavy atom. The number of aromatic nitrogens is 1. The molecule has 0 radical (unpaired) electrons. The first-order chi connectivity index (χ1) is 11.6. The van der Waals surface area contributed by atoms with Gasteiger partial charge in [-0.2, -0.15) is 0 Å². The van der Waals surface area contributed by atoms with Crippen LogP contribution >= 0.6 is 0 Å². The van der Waals surface area contributed by atoms with Crippen LogP contribution in [0.5, 0.6) is 0 Å². The second kappa shape index (κ2) is 7.49. The third-order valence-corrected chi connectivity index (χ3v) is 5.01. The molecule has 4 nitrogen and oxygen atoms in total. The van der Waals surface area contributed by atoms with Crippen molar-refractivity contribution in [2.24, 2.45) is 5.92 Å². The molecule has 0 spiro atoms. The summed E-state index contributed by atoms with van der Waals surface area (Å²) in [6.45, 7) is 0.683. The fourth-order valence-corrected chi connectivity index (χ4v) is 3.79. The van der Waals surface area contributed by atoms with Gasteiger partial charge in [0.15, 0.2) is 5.60 Å². The van der Waals surface area contributed by atoms with Crippen LogP contribution in [0.25, 0.3) is 0 Å². The van der Waals surface area contributed by atoms with Crippen molar-refractivity contribution in [1.82, 2.24) is 9.88 Å². The van der Waals surface area contributed by atoms with Crippen molar-refractivity contribution in [2.45, 2.75) is 50.7 Å². The predicted octanol–water partition coefficient (Wildman–Crippen LogP) is 3.94. The topological polar surface area (TPSA) is 49.5 Å². The first kappa shape index (κ1) is 17.2. The third-order valence-electron chi connectivity index (χ3n) is 5.01. The van der Waals surface area contributed by atoms with E-state index >= 15 is 0 Å². The van der Waals surface area contributed by atoms with Gasteiger partial charge in [-0.25, -0.2) is 4.98 Å². The van der Waals surface area contributed by atoms with Crippen LogP contribution in [0.4, 0.5) is 0 Å². The Hall–Kier alpha value is -1.65.